The van der Waals surface area contributed by atoms with E-state index in [0.29, 0.717) is 22.0 Å². The first-order valence-corrected chi connectivity index (χ1v) is 7.14. The van der Waals surface area contributed by atoms with Gasteiger partial charge in [-0.3, -0.25) is 0 Å². The highest BCUT2D eigenvalue weighted by Gasteiger charge is 2.15. The second kappa shape index (κ2) is 6.57. The van der Waals surface area contributed by atoms with Crippen LogP contribution >= 0.6 is 23.2 Å². The molecule has 1 N–H and O–H groups in total. The average Bonchev–Trinajstić information content (AvgIpc) is 2.43. The highest BCUT2D eigenvalue weighted by atomic mass is 35.5. The highest BCUT2D eigenvalue weighted by Crippen LogP contribution is 2.27. The molecule has 0 saturated heterocycles. The van der Waals surface area contributed by atoms with Crippen LogP contribution in [0.5, 0.6) is 0 Å². The van der Waals surface area contributed by atoms with Gasteiger partial charge in [0.25, 0.3) is 0 Å². The van der Waals surface area contributed by atoms with Gasteiger partial charge in [0.1, 0.15) is 5.82 Å². The van der Waals surface area contributed by atoms with Gasteiger partial charge in [-0.05, 0) is 44.2 Å². The highest BCUT2D eigenvalue weighted by molar-refractivity contribution is 6.42. The molecule has 0 aliphatic heterocycles. The van der Waals surface area contributed by atoms with E-state index in [1.165, 1.54) is 6.07 Å². The Morgan fingerprint density at radius 2 is 1.85 bits per heavy atom. The molecule has 0 aromatic heterocycles. The number of rotatable bonds is 4. The van der Waals surface area contributed by atoms with Gasteiger partial charge >= 0.3 is 0 Å². The quantitative estimate of drug-likeness (QED) is 0.843. The van der Waals surface area contributed by atoms with Gasteiger partial charge in [-0.15, -0.1) is 0 Å². The Bertz CT molecular complexity index is 613. The van der Waals surface area contributed by atoms with Gasteiger partial charge in [0.05, 0.1) is 10.0 Å². The zero-order valence-electron chi connectivity index (χ0n) is 11.4. The molecule has 2 aromatic rings. The third-order valence-corrected chi connectivity index (χ3v) is 4.04. The lowest BCUT2D eigenvalue weighted by Gasteiger charge is -2.18. The molecule has 106 valence electrons. The second-order valence-electron chi connectivity index (χ2n) is 4.82. The van der Waals surface area contributed by atoms with Crippen LogP contribution in [0.4, 0.5) is 4.39 Å². The lowest BCUT2D eigenvalue weighted by molar-refractivity contribution is 0.533. The Morgan fingerprint density at radius 3 is 2.50 bits per heavy atom. The number of likely N-dealkylation sites (N-methyl/N-ethyl adjacent to an activating group) is 1. The van der Waals surface area contributed by atoms with Crippen molar-refractivity contribution in [2.45, 2.75) is 19.4 Å². The van der Waals surface area contributed by atoms with Gasteiger partial charge in [0.2, 0.25) is 0 Å². The van der Waals surface area contributed by atoms with Gasteiger partial charge in [-0.1, -0.05) is 47.0 Å². The van der Waals surface area contributed by atoms with E-state index in [1.54, 1.807) is 12.1 Å². The number of aryl methyl sites for hydroxylation is 1. The maximum absolute atomic E-state index is 14.0. The molecule has 0 heterocycles. The zero-order chi connectivity index (χ0) is 14.7. The van der Waals surface area contributed by atoms with E-state index >= 15 is 0 Å². The molecule has 0 aliphatic rings. The SMILES string of the molecule is CNC(Cc1ccc(Cl)c(Cl)c1)c1cc(C)ccc1F. The normalized spacial score (nSPS) is 12.4. The van der Waals surface area contributed by atoms with Crippen LogP contribution in [-0.2, 0) is 6.42 Å². The second-order valence-corrected chi connectivity index (χ2v) is 5.63. The molecular formula is C16H16Cl2FN. The van der Waals surface area contributed by atoms with Crippen LogP contribution in [0.3, 0.4) is 0 Å². The van der Waals surface area contributed by atoms with Crippen LogP contribution in [0.1, 0.15) is 22.7 Å². The molecule has 0 spiro atoms. The van der Waals surface area contributed by atoms with Crippen molar-refractivity contribution in [2.24, 2.45) is 0 Å². The monoisotopic (exact) mass is 311 g/mol. The van der Waals surface area contributed by atoms with Crippen LogP contribution in [-0.4, -0.2) is 7.05 Å². The molecule has 20 heavy (non-hydrogen) atoms. The number of halogens is 3. The van der Waals surface area contributed by atoms with E-state index in [1.807, 2.05) is 32.2 Å². The molecule has 4 heteroatoms. The summed E-state index contributed by atoms with van der Waals surface area (Å²) in [6.45, 7) is 1.95. The summed E-state index contributed by atoms with van der Waals surface area (Å²) in [6.07, 6.45) is 0.647. The summed E-state index contributed by atoms with van der Waals surface area (Å²) in [4.78, 5) is 0. The molecule has 1 atom stereocenters. The fraction of sp³-hybridized carbons (Fsp3) is 0.250. The van der Waals surface area contributed by atoms with Gasteiger partial charge < -0.3 is 5.32 Å². The Hall–Kier alpha value is -1.09. The average molecular weight is 312 g/mol. The van der Waals surface area contributed by atoms with Crippen molar-refractivity contribution in [3.8, 4) is 0 Å². The molecule has 0 fully saturated rings. The maximum atomic E-state index is 14.0. The van der Waals surface area contributed by atoms with E-state index in [-0.39, 0.29) is 11.9 Å². The van der Waals surface area contributed by atoms with Crippen molar-refractivity contribution in [1.82, 2.24) is 5.32 Å². The Morgan fingerprint density at radius 1 is 1.10 bits per heavy atom. The van der Waals surface area contributed by atoms with Crippen LogP contribution in [0, 0.1) is 12.7 Å². The maximum Gasteiger partial charge on any atom is 0.128 e. The predicted octanol–water partition coefficient (Wildman–Crippen LogP) is 4.94. The van der Waals surface area contributed by atoms with Gasteiger partial charge in [0, 0.05) is 11.6 Å². The Balaban J connectivity index is 2.28. The third kappa shape index (κ3) is 3.51. The summed E-state index contributed by atoms with van der Waals surface area (Å²) in [5.41, 5.74) is 2.72. The minimum absolute atomic E-state index is 0.104. The summed E-state index contributed by atoms with van der Waals surface area (Å²) in [5, 5.41) is 4.20. The van der Waals surface area contributed by atoms with Crippen molar-refractivity contribution in [3.05, 3.63) is 69.0 Å². The topological polar surface area (TPSA) is 12.0 Å². The van der Waals surface area contributed by atoms with Crippen molar-refractivity contribution in [1.29, 1.82) is 0 Å². The number of hydrogen-bond acceptors (Lipinski definition) is 1. The molecule has 1 nitrogen and oxygen atoms in total. The smallest absolute Gasteiger partial charge is 0.128 e. The minimum atomic E-state index is -0.199. The molecule has 2 aromatic carbocycles. The molecule has 0 amide bonds. The summed E-state index contributed by atoms with van der Waals surface area (Å²) in [7, 11) is 1.82. The predicted molar refractivity (Wildman–Crippen MR) is 83.1 cm³/mol. The summed E-state index contributed by atoms with van der Waals surface area (Å²) < 4.78 is 14.0. The number of hydrogen-bond donors (Lipinski definition) is 1. The minimum Gasteiger partial charge on any atom is -0.313 e. The molecule has 1 unspecified atom stereocenters. The lowest BCUT2D eigenvalue weighted by atomic mass is 9.97. The summed E-state index contributed by atoms with van der Waals surface area (Å²) >= 11 is 11.9. The summed E-state index contributed by atoms with van der Waals surface area (Å²) in [6, 6.07) is 10.5. The van der Waals surface area contributed by atoms with Crippen LogP contribution in [0.2, 0.25) is 10.0 Å². The molecular weight excluding hydrogens is 296 g/mol. The van der Waals surface area contributed by atoms with E-state index < -0.39 is 0 Å². The first kappa shape index (κ1) is 15.3. The fourth-order valence-electron chi connectivity index (χ4n) is 2.20. The molecule has 0 aliphatic carbocycles. The number of nitrogens with one attached hydrogen (secondary N) is 1. The van der Waals surface area contributed by atoms with E-state index in [0.717, 1.165) is 11.1 Å². The molecule has 2 rings (SSSR count). The first-order chi connectivity index (χ1) is 9.51. The van der Waals surface area contributed by atoms with Crippen molar-refractivity contribution in [2.75, 3.05) is 7.05 Å². The number of benzene rings is 2. The molecule has 0 radical (unpaired) electrons. The van der Waals surface area contributed by atoms with Gasteiger partial charge in [0.15, 0.2) is 0 Å². The van der Waals surface area contributed by atoms with E-state index in [9.17, 15) is 4.39 Å². The lowest BCUT2D eigenvalue weighted by Crippen LogP contribution is -2.20. The zero-order valence-corrected chi connectivity index (χ0v) is 12.9. The Labute approximate surface area is 128 Å². The van der Waals surface area contributed by atoms with E-state index in [4.69, 9.17) is 23.2 Å². The van der Waals surface area contributed by atoms with Crippen LogP contribution in [0.15, 0.2) is 36.4 Å². The van der Waals surface area contributed by atoms with Gasteiger partial charge in [-0.25, -0.2) is 4.39 Å². The van der Waals surface area contributed by atoms with Gasteiger partial charge in [-0.2, -0.15) is 0 Å². The van der Waals surface area contributed by atoms with E-state index in [2.05, 4.69) is 5.32 Å². The first-order valence-electron chi connectivity index (χ1n) is 6.38. The Kier molecular flexibility index (Phi) is 5.03. The van der Waals surface area contributed by atoms with Crippen LogP contribution in [0.25, 0.3) is 0 Å². The standard InChI is InChI=1S/C16H16Cl2FN/c1-10-3-6-15(19)12(7-10)16(20-2)9-11-4-5-13(17)14(18)8-11/h3-8,16,20H,9H2,1-2H3. The largest absolute Gasteiger partial charge is 0.313 e. The molecule has 0 saturated carbocycles. The summed E-state index contributed by atoms with van der Waals surface area (Å²) in [5.74, 6) is -0.199. The fourth-order valence-corrected chi connectivity index (χ4v) is 2.52. The van der Waals surface area contributed by atoms with Crippen molar-refractivity contribution < 1.29 is 4.39 Å². The van der Waals surface area contributed by atoms with Crippen LogP contribution < -0.4 is 5.32 Å². The third-order valence-electron chi connectivity index (χ3n) is 3.30. The van der Waals surface area contributed by atoms with Crippen molar-refractivity contribution >= 4 is 23.2 Å². The molecule has 0 bridgehead atoms. The van der Waals surface area contributed by atoms with Crippen molar-refractivity contribution in [3.63, 3.8) is 0 Å².